The Kier molecular flexibility index (Phi) is 8.38. The van der Waals surface area contributed by atoms with Gasteiger partial charge in [-0.1, -0.05) is 66.7 Å². The van der Waals surface area contributed by atoms with Gasteiger partial charge in [0.2, 0.25) is 5.91 Å². The van der Waals surface area contributed by atoms with Gasteiger partial charge in [-0.2, -0.15) is 0 Å². The standard InChI is InChI=1S/C29H28N2O5/c1-34-27-18-23(14-15-25(27)36-20-22-11-6-3-7-12-22)19-30-28(32)24(17-21-9-4-2-5-10-21)31-29(33)26-13-8-16-35-26/h2-16,18,24H,17,19-20H2,1H3,(H,30,32)(H,31,33)/t24-/m0/s1. The maximum Gasteiger partial charge on any atom is 0.287 e. The minimum absolute atomic E-state index is 0.150. The van der Waals surface area contributed by atoms with Crippen LogP contribution in [0, 0.1) is 0 Å². The Labute approximate surface area is 210 Å². The van der Waals surface area contributed by atoms with Gasteiger partial charge in [-0.15, -0.1) is 0 Å². The lowest BCUT2D eigenvalue weighted by molar-refractivity contribution is -0.123. The monoisotopic (exact) mass is 484 g/mol. The van der Waals surface area contributed by atoms with Crippen molar-refractivity contribution in [2.24, 2.45) is 0 Å². The molecule has 2 amide bonds. The summed E-state index contributed by atoms with van der Waals surface area (Å²) in [5.41, 5.74) is 2.82. The fourth-order valence-corrected chi connectivity index (χ4v) is 3.69. The molecule has 0 aliphatic carbocycles. The Morgan fingerprint density at radius 3 is 2.22 bits per heavy atom. The average Bonchev–Trinajstić information content (AvgIpc) is 3.47. The van der Waals surface area contributed by atoms with Gasteiger partial charge >= 0.3 is 0 Å². The second-order valence-electron chi connectivity index (χ2n) is 8.17. The van der Waals surface area contributed by atoms with Crippen molar-refractivity contribution in [2.45, 2.75) is 25.6 Å². The Morgan fingerprint density at radius 1 is 0.833 bits per heavy atom. The van der Waals surface area contributed by atoms with Crippen LogP contribution < -0.4 is 20.1 Å². The van der Waals surface area contributed by atoms with Crippen LogP contribution in [0.3, 0.4) is 0 Å². The summed E-state index contributed by atoms with van der Waals surface area (Å²) >= 11 is 0. The molecule has 0 unspecified atom stereocenters. The van der Waals surface area contributed by atoms with Crippen molar-refractivity contribution >= 4 is 11.8 Å². The van der Waals surface area contributed by atoms with Crippen LogP contribution in [0.25, 0.3) is 0 Å². The molecule has 0 fully saturated rings. The highest BCUT2D eigenvalue weighted by molar-refractivity contribution is 5.95. The van der Waals surface area contributed by atoms with Gasteiger partial charge in [-0.25, -0.2) is 0 Å². The van der Waals surface area contributed by atoms with E-state index in [1.165, 1.54) is 6.26 Å². The lowest BCUT2D eigenvalue weighted by Crippen LogP contribution is -2.47. The molecule has 0 saturated carbocycles. The number of methoxy groups -OCH3 is 1. The number of carbonyl (C=O) groups is 2. The number of rotatable bonds is 11. The molecule has 7 heteroatoms. The second-order valence-corrected chi connectivity index (χ2v) is 8.17. The van der Waals surface area contributed by atoms with Gasteiger partial charge in [0.15, 0.2) is 17.3 Å². The first kappa shape index (κ1) is 24.6. The predicted molar refractivity (Wildman–Crippen MR) is 136 cm³/mol. The van der Waals surface area contributed by atoms with Crippen LogP contribution in [0.5, 0.6) is 11.5 Å². The van der Waals surface area contributed by atoms with E-state index in [0.717, 1.165) is 16.7 Å². The number of nitrogens with one attached hydrogen (secondary N) is 2. The van der Waals surface area contributed by atoms with E-state index in [-0.39, 0.29) is 18.2 Å². The van der Waals surface area contributed by atoms with Crippen molar-refractivity contribution in [3.05, 3.63) is 120 Å². The Morgan fingerprint density at radius 2 is 1.56 bits per heavy atom. The first-order valence-corrected chi connectivity index (χ1v) is 11.6. The van der Waals surface area contributed by atoms with Crippen LogP contribution in [0.15, 0.2) is 102 Å². The number of furan rings is 1. The number of benzene rings is 3. The fraction of sp³-hybridized carbons (Fsp3) is 0.172. The van der Waals surface area contributed by atoms with Crippen molar-refractivity contribution in [1.82, 2.24) is 10.6 Å². The molecule has 0 spiro atoms. The van der Waals surface area contributed by atoms with Crippen LogP contribution in [0.1, 0.15) is 27.2 Å². The molecule has 0 saturated heterocycles. The molecule has 2 N–H and O–H groups in total. The molecule has 7 nitrogen and oxygen atoms in total. The molecule has 4 aromatic rings. The van der Waals surface area contributed by atoms with Gasteiger partial charge in [0.25, 0.3) is 5.91 Å². The summed E-state index contributed by atoms with van der Waals surface area (Å²) in [4.78, 5) is 25.6. The molecule has 184 valence electrons. The van der Waals surface area contributed by atoms with E-state index in [1.54, 1.807) is 19.2 Å². The number of amides is 2. The van der Waals surface area contributed by atoms with Crippen LogP contribution >= 0.6 is 0 Å². The third-order valence-corrected chi connectivity index (χ3v) is 5.58. The van der Waals surface area contributed by atoms with Gasteiger partial charge in [0, 0.05) is 13.0 Å². The smallest absolute Gasteiger partial charge is 0.287 e. The van der Waals surface area contributed by atoms with Crippen molar-refractivity contribution in [1.29, 1.82) is 0 Å². The molecule has 1 aromatic heterocycles. The number of hydrogen-bond acceptors (Lipinski definition) is 5. The number of carbonyl (C=O) groups excluding carboxylic acids is 2. The van der Waals surface area contributed by atoms with E-state index < -0.39 is 11.9 Å². The Hall–Kier alpha value is -4.52. The normalized spacial score (nSPS) is 11.4. The van der Waals surface area contributed by atoms with Crippen LogP contribution in [0.4, 0.5) is 0 Å². The van der Waals surface area contributed by atoms with Gasteiger partial charge < -0.3 is 24.5 Å². The Bertz CT molecular complexity index is 1260. The van der Waals surface area contributed by atoms with E-state index in [1.807, 2.05) is 78.9 Å². The molecule has 0 bridgehead atoms. The summed E-state index contributed by atoms with van der Waals surface area (Å²) in [5.74, 6) is 0.588. The Balaban J connectivity index is 1.40. The molecular weight excluding hydrogens is 456 g/mol. The van der Waals surface area contributed by atoms with Crippen LogP contribution in [-0.2, 0) is 24.4 Å². The zero-order valence-electron chi connectivity index (χ0n) is 20.0. The fourth-order valence-electron chi connectivity index (χ4n) is 3.69. The highest BCUT2D eigenvalue weighted by Gasteiger charge is 2.23. The van der Waals surface area contributed by atoms with E-state index >= 15 is 0 Å². The summed E-state index contributed by atoms with van der Waals surface area (Å²) < 4.78 is 16.6. The van der Waals surface area contributed by atoms with Crippen LogP contribution in [-0.4, -0.2) is 25.0 Å². The molecule has 1 atom stereocenters. The molecule has 0 radical (unpaired) electrons. The minimum atomic E-state index is -0.777. The summed E-state index contributed by atoms with van der Waals surface area (Å²) in [6, 6.07) is 27.3. The first-order valence-electron chi connectivity index (χ1n) is 11.6. The maximum absolute atomic E-state index is 13.1. The summed E-state index contributed by atoms with van der Waals surface area (Å²) in [7, 11) is 1.58. The van der Waals surface area contributed by atoms with Crippen molar-refractivity contribution in [2.75, 3.05) is 7.11 Å². The summed E-state index contributed by atoms with van der Waals surface area (Å²) in [6.07, 6.45) is 1.76. The van der Waals surface area contributed by atoms with Crippen LogP contribution in [0.2, 0.25) is 0 Å². The van der Waals surface area contributed by atoms with Gasteiger partial charge in [0.1, 0.15) is 12.6 Å². The predicted octanol–water partition coefficient (Wildman–Crippen LogP) is 4.52. The lowest BCUT2D eigenvalue weighted by Gasteiger charge is -2.19. The van der Waals surface area contributed by atoms with E-state index in [0.29, 0.717) is 24.5 Å². The third-order valence-electron chi connectivity index (χ3n) is 5.58. The number of hydrogen-bond donors (Lipinski definition) is 2. The van der Waals surface area contributed by atoms with E-state index in [2.05, 4.69) is 10.6 Å². The maximum atomic E-state index is 13.1. The SMILES string of the molecule is COc1cc(CNC(=O)[C@H](Cc2ccccc2)NC(=O)c2ccco2)ccc1OCc1ccccc1. The third kappa shape index (κ3) is 6.76. The van der Waals surface area contributed by atoms with E-state index in [4.69, 9.17) is 13.9 Å². The van der Waals surface area contributed by atoms with Gasteiger partial charge in [-0.3, -0.25) is 9.59 Å². The minimum Gasteiger partial charge on any atom is -0.493 e. The largest absolute Gasteiger partial charge is 0.493 e. The molecular formula is C29H28N2O5. The van der Waals surface area contributed by atoms with Crippen molar-refractivity contribution in [3.63, 3.8) is 0 Å². The quantitative estimate of drug-likeness (QED) is 0.327. The molecule has 4 rings (SSSR count). The number of ether oxygens (including phenoxy) is 2. The molecule has 3 aromatic carbocycles. The zero-order chi connectivity index (χ0) is 25.2. The summed E-state index contributed by atoms with van der Waals surface area (Å²) in [5, 5.41) is 5.70. The second kappa shape index (κ2) is 12.3. The highest BCUT2D eigenvalue weighted by atomic mass is 16.5. The zero-order valence-corrected chi connectivity index (χ0v) is 20.0. The molecule has 0 aliphatic heterocycles. The van der Waals surface area contributed by atoms with E-state index in [9.17, 15) is 9.59 Å². The first-order chi connectivity index (χ1) is 17.6. The van der Waals surface area contributed by atoms with Gasteiger partial charge in [-0.05, 0) is 41.0 Å². The summed E-state index contributed by atoms with van der Waals surface area (Å²) in [6.45, 7) is 0.680. The lowest BCUT2D eigenvalue weighted by atomic mass is 10.0. The van der Waals surface area contributed by atoms with Crippen molar-refractivity contribution < 1.29 is 23.5 Å². The highest BCUT2D eigenvalue weighted by Crippen LogP contribution is 2.29. The molecule has 0 aliphatic rings. The molecule has 36 heavy (non-hydrogen) atoms. The van der Waals surface area contributed by atoms with Crippen molar-refractivity contribution in [3.8, 4) is 11.5 Å². The average molecular weight is 485 g/mol. The topological polar surface area (TPSA) is 89.8 Å². The van der Waals surface area contributed by atoms with Gasteiger partial charge in [0.05, 0.1) is 13.4 Å². The molecule has 1 heterocycles.